The first kappa shape index (κ1) is 13.0. The molecule has 106 valence electrons. The van der Waals surface area contributed by atoms with Gasteiger partial charge in [-0.25, -0.2) is 8.42 Å². The molecule has 1 aliphatic heterocycles. The fourth-order valence-electron chi connectivity index (χ4n) is 2.28. The summed E-state index contributed by atoms with van der Waals surface area (Å²) in [6.45, 7) is 0.936. The molecule has 1 aliphatic rings. The molecule has 0 radical (unpaired) electrons. The lowest BCUT2D eigenvalue weighted by molar-refractivity contribution is 0.600. The molecule has 2 N–H and O–H groups in total. The lowest BCUT2D eigenvalue weighted by Crippen LogP contribution is -2.16. The summed E-state index contributed by atoms with van der Waals surface area (Å²) in [5.41, 5.74) is 2.06. The molecule has 0 saturated carbocycles. The Morgan fingerprint density at radius 2 is 2.20 bits per heavy atom. The molecule has 0 spiro atoms. The van der Waals surface area contributed by atoms with E-state index in [0.29, 0.717) is 5.82 Å². The maximum atomic E-state index is 12.3. The van der Waals surface area contributed by atoms with Crippen LogP contribution in [0.5, 0.6) is 0 Å². The van der Waals surface area contributed by atoms with Gasteiger partial charge < -0.3 is 5.32 Å². The van der Waals surface area contributed by atoms with Gasteiger partial charge in [-0.2, -0.15) is 5.10 Å². The summed E-state index contributed by atoms with van der Waals surface area (Å²) < 4.78 is 28.7. The molecule has 20 heavy (non-hydrogen) atoms. The van der Waals surface area contributed by atoms with Crippen LogP contribution in [0.1, 0.15) is 12.0 Å². The van der Waals surface area contributed by atoms with Crippen LogP contribution >= 0.6 is 0 Å². The Bertz CT molecular complexity index is 737. The number of sulfonamides is 1. The van der Waals surface area contributed by atoms with Crippen LogP contribution in [-0.2, 0) is 23.5 Å². The maximum Gasteiger partial charge on any atom is 0.263 e. The molecule has 6 nitrogen and oxygen atoms in total. The van der Waals surface area contributed by atoms with Gasteiger partial charge in [-0.05, 0) is 36.6 Å². The highest BCUT2D eigenvalue weighted by Crippen LogP contribution is 2.25. The normalized spacial score (nSPS) is 14.4. The minimum absolute atomic E-state index is 0.269. The zero-order chi connectivity index (χ0) is 14.2. The summed E-state index contributed by atoms with van der Waals surface area (Å²) in [6, 6.07) is 6.79. The smallest absolute Gasteiger partial charge is 0.263 e. The number of hydrogen-bond acceptors (Lipinski definition) is 4. The molecular weight excluding hydrogens is 276 g/mol. The van der Waals surface area contributed by atoms with Crippen LogP contribution in [0.15, 0.2) is 35.4 Å². The van der Waals surface area contributed by atoms with Crippen LogP contribution < -0.4 is 10.0 Å². The molecule has 1 aromatic heterocycles. The van der Waals surface area contributed by atoms with Crippen molar-refractivity contribution in [3.8, 4) is 0 Å². The van der Waals surface area contributed by atoms with Gasteiger partial charge in [0.15, 0.2) is 5.82 Å². The zero-order valence-corrected chi connectivity index (χ0v) is 11.9. The van der Waals surface area contributed by atoms with Gasteiger partial charge in [-0.15, -0.1) is 0 Å². The van der Waals surface area contributed by atoms with E-state index >= 15 is 0 Å². The third-order valence-electron chi connectivity index (χ3n) is 3.28. The number of anilines is 2. The molecular formula is C13H16N4O2S. The maximum absolute atomic E-state index is 12.3. The third kappa shape index (κ3) is 2.49. The summed E-state index contributed by atoms with van der Waals surface area (Å²) in [5, 5.41) is 7.29. The summed E-state index contributed by atoms with van der Waals surface area (Å²) in [5.74, 6) is 0.323. The molecule has 0 unspecified atom stereocenters. The Labute approximate surface area is 117 Å². The van der Waals surface area contributed by atoms with Crippen LogP contribution in [0, 0.1) is 0 Å². The van der Waals surface area contributed by atoms with E-state index in [9.17, 15) is 8.42 Å². The van der Waals surface area contributed by atoms with Gasteiger partial charge in [0.25, 0.3) is 10.0 Å². The molecule has 2 heterocycles. The van der Waals surface area contributed by atoms with Gasteiger partial charge in [0.2, 0.25) is 0 Å². The van der Waals surface area contributed by atoms with Crippen molar-refractivity contribution < 1.29 is 8.42 Å². The van der Waals surface area contributed by atoms with Crippen LogP contribution in [0.2, 0.25) is 0 Å². The molecule has 1 aromatic carbocycles. The van der Waals surface area contributed by atoms with Crippen molar-refractivity contribution in [3.05, 3.63) is 36.0 Å². The lowest BCUT2D eigenvalue weighted by atomic mass is 10.0. The molecule has 0 atom stereocenters. The molecule has 0 fully saturated rings. The Morgan fingerprint density at radius 3 is 2.95 bits per heavy atom. The van der Waals surface area contributed by atoms with E-state index in [2.05, 4.69) is 15.1 Å². The van der Waals surface area contributed by atoms with Gasteiger partial charge in [0, 0.05) is 31.5 Å². The fourth-order valence-corrected chi connectivity index (χ4v) is 3.33. The predicted octanol–water partition coefficient (Wildman–Crippen LogP) is 1.58. The first-order valence-corrected chi connectivity index (χ1v) is 7.92. The van der Waals surface area contributed by atoms with Gasteiger partial charge in [0.1, 0.15) is 0 Å². The number of hydrogen-bond donors (Lipinski definition) is 2. The monoisotopic (exact) mass is 292 g/mol. The topological polar surface area (TPSA) is 76.0 Å². The summed E-state index contributed by atoms with van der Waals surface area (Å²) in [6.07, 6.45) is 3.61. The lowest BCUT2D eigenvalue weighted by Gasteiger charge is -2.18. The summed E-state index contributed by atoms with van der Waals surface area (Å²) >= 11 is 0. The minimum Gasteiger partial charge on any atom is -0.385 e. The second-order valence-corrected chi connectivity index (χ2v) is 6.51. The molecule has 0 amide bonds. The molecule has 2 aromatic rings. The van der Waals surface area contributed by atoms with Crippen LogP contribution in [0.3, 0.4) is 0 Å². The molecule has 3 rings (SSSR count). The first-order valence-electron chi connectivity index (χ1n) is 6.44. The van der Waals surface area contributed by atoms with E-state index in [-0.39, 0.29) is 4.90 Å². The third-order valence-corrected chi connectivity index (χ3v) is 4.63. The summed E-state index contributed by atoms with van der Waals surface area (Å²) in [4.78, 5) is 0.269. The number of benzene rings is 1. The molecule has 0 aliphatic carbocycles. The van der Waals surface area contributed by atoms with Gasteiger partial charge in [0.05, 0.1) is 4.90 Å². The highest BCUT2D eigenvalue weighted by atomic mass is 32.2. The van der Waals surface area contributed by atoms with Crippen molar-refractivity contribution in [3.63, 3.8) is 0 Å². The number of aromatic nitrogens is 2. The highest BCUT2D eigenvalue weighted by Gasteiger charge is 2.18. The van der Waals surface area contributed by atoms with Gasteiger partial charge in [-0.1, -0.05) is 0 Å². The summed E-state index contributed by atoms with van der Waals surface area (Å²) in [7, 11) is -1.85. The molecule has 7 heteroatoms. The average molecular weight is 292 g/mol. The standard InChI is InChI=1S/C13H16N4O2S/c1-17-8-6-13(15-17)16-20(18,19)11-4-5-12-10(9-11)3-2-7-14-12/h4-6,8-9,14H,2-3,7H2,1H3,(H,15,16). The van der Waals surface area contributed by atoms with Crippen molar-refractivity contribution in [1.29, 1.82) is 0 Å². The SMILES string of the molecule is Cn1ccc(NS(=O)(=O)c2ccc3c(c2)CCCN3)n1. The van der Waals surface area contributed by atoms with Crippen molar-refractivity contribution in [2.45, 2.75) is 17.7 Å². The van der Waals surface area contributed by atoms with E-state index in [0.717, 1.165) is 30.6 Å². The quantitative estimate of drug-likeness (QED) is 0.900. The Morgan fingerprint density at radius 1 is 1.35 bits per heavy atom. The Kier molecular flexibility index (Phi) is 3.13. The highest BCUT2D eigenvalue weighted by molar-refractivity contribution is 7.92. The van der Waals surface area contributed by atoms with Crippen LogP contribution in [0.25, 0.3) is 0 Å². The molecule has 0 saturated heterocycles. The van der Waals surface area contributed by atoms with E-state index in [1.165, 1.54) is 0 Å². The Balaban J connectivity index is 1.91. The average Bonchev–Trinajstić information content (AvgIpc) is 2.83. The number of rotatable bonds is 3. The van der Waals surface area contributed by atoms with Gasteiger partial charge in [-0.3, -0.25) is 9.40 Å². The van der Waals surface area contributed by atoms with Gasteiger partial charge >= 0.3 is 0 Å². The van der Waals surface area contributed by atoms with Crippen molar-refractivity contribution in [1.82, 2.24) is 9.78 Å². The predicted molar refractivity (Wildman–Crippen MR) is 77.3 cm³/mol. The van der Waals surface area contributed by atoms with E-state index in [4.69, 9.17) is 0 Å². The second-order valence-electron chi connectivity index (χ2n) is 4.83. The molecule has 0 bridgehead atoms. The largest absolute Gasteiger partial charge is 0.385 e. The van der Waals surface area contributed by atoms with E-state index < -0.39 is 10.0 Å². The first-order chi connectivity index (χ1) is 9.54. The van der Waals surface area contributed by atoms with Crippen molar-refractivity contribution in [2.75, 3.05) is 16.6 Å². The van der Waals surface area contributed by atoms with Crippen molar-refractivity contribution in [2.24, 2.45) is 7.05 Å². The minimum atomic E-state index is -3.59. The zero-order valence-electron chi connectivity index (χ0n) is 11.1. The number of nitrogens with one attached hydrogen (secondary N) is 2. The van der Waals surface area contributed by atoms with E-state index in [1.54, 1.807) is 36.1 Å². The number of aryl methyl sites for hydroxylation is 2. The van der Waals surface area contributed by atoms with E-state index in [1.807, 2.05) is 6.07 Å². The van der Waals surface area contributed by atoms with Crippen molar-refractivity contribution >= 4 is 21.5 Å². The second kappa shape index (κ2) is 4.82. The fraction of sp³-hybridized carbons (Fsp3) is 0.308. The Hall–Kier alpha value is -2.02. The van der Waals surface area contributed by atoms with Crippen LogP contribution in [-0.4, -0.2) is 24.7 Å². The number of fused-ring (bicyclic) bond motifs is 1. The van der Waals surface area contributed by atoms with Crippen LogP contribution in [0.4, 0.5) is 11.5 Å². The number of nitrogens with zero attached hydrogens (tertiary/aromatic N) is 2.